The minimum Gasteiger partial charge on any atom is -0.278 e. The van der Waals surface area contributed by atoms with Crippen molar-refractivity contribution >= 4 is 39.1 Å². The summed E-state index contributed by atoms with van der Waals surface area (Å²) in [6, 6.07) is 24.7. The first kappa shape index (κ1) is 15.8. The summed E-state index contributed by atoms with van der Waals surface area (Å²) in [6.07, 6.45) is 1.80. The quantitative estimate of drug-likeness (QED) is 0.235. The lowest BCUT2D eigenvalue weighted by Crippen LogP contribution is -1.94. The lowest BCUT2D eigenvalue weighted by atomic mass is 9.97. The zero-order chi connectivity index (χ0) is 17.9. The van der Waals surface area contributed by atoms with Crippen LogP contribution in [0.25, 0.3) is 21.5 Å². The summed E-state index contributed by atoms with van der Waals surface area (Å²) in [4.78, 5) is 10.3. The number of nitro benzene ring substituents is 1. The molecule has 4 aromatic rings. The first-order valence-electron chi connectivity index (χ1n) is 8.16. The average molecular weight is 341 g/mol. The maximum atomic E-state index is 10.7. The summed E-state index contributed by atoms with van der Waals surface area (Å²) in [5, 5.41) is 19.6. The molecule has 0 aliphatic heterocycles. The van der Waals surface area contributed by atoms with Crippen LogP contribution in [0.3, 0.4) is 0 Å². The Labute approximate surface area is 149 Å². The van der Waals surface area contributed by atoms with E-state index in [1.165, 1.54) is 12.1 Å². The van der Waals surface area contributed by atoms with E-state index in [1.807, 2.05) is 24.3 Å². The Morgan fingerprint density at radius 3 is 2.00 bits per heavy atom. The van der Waals surface area contributed by atoms with Gasteiger partial charge in [-0.2, -0.15) is 5.10 Å². The molecule has 0 bridgehead atoms. The molecule has 0 aliphatic carbocycles. The Morgan fingerprint density at radius 1 is 0.846 bits per heavy atom. The largest absolute Gasteiger partial charge is 0.278 e. The van der Waals surface area contributed by atoms with Crippen molar-refractivity contribution in [3.05, 3.63) is 94.5 Å². The van der Waals surface area contributed by atoms with E-state index in [0.717, 1.165) is 27.1 Å². The molecule has 0 fully saturated rings. The average Bonchev–Trinajstić information content (AvgIpc) is 2.68. The molecule has 0 atom stereocenters. The first-order valence-corrected chi connectivity index (χ1v) is 8.16. The molecule has 0 radical (unpaired) electrons. The van der Waals surface area contributed by atoms with Crippen molar-refractivity contribution in [3.8, 4) is 0 Å². The number of nitrogens with one attached hydrogen (secondary N) is 1. The highest BCUT2D eigenvalue weighted by Gasteiger charge is 2.06. The highest BCUT2D eigenvalue weighted by Crippen LogP contribution is 2.27. The van der Waals surface area contributed by atoms with Crippen LogP contribution in [0.1, 0.15) is 5.56 Å². The highest BCUT2D eigenvalue weighted by molar-refractivity contribution is 6.13. The minimum absolute atomic E-state index is 0.0552. The van der Waals surface area contributed by atoms with Crippen molar-refractivity contribution < 1.29 is 4.92 Å². The fraction of sp³-hybridized carbons (Fsp3) is 0. The molecule has 0 spiro atoms. The molecule has 4 rings (SSSR count). The van der Waals surface area contributed by atoms with E-state index < -0.39 is 4.92 Å². The molecule has 126 valence electrons. The van der Waals surface area contributed by atoms with Gasteiger partial charge in [-0.3, -0.25) is 15.5 Å². The van der Waals surface area contributed by atoms with Gasteiger partial charge in [-0.15, -0.1) is 0 Å². The number of benzene rings is 4. The molecule has 0 saturated carbocycles. The zero-order valence-corrected chi connectivity index (χ0v) is 13.8. The molecular weight excluding hydrogens is 326 g/mol. The lowest BCUT2D eigenvalue weighted by molar-refractivity contribution is -0.384. The number of rotatable bonds is 4. The van der Waals surface area contributed by atoms with Crippen LogP contribution in [0, 0.1) is 10.1 Å². The summed E-state index contributed by atoms with van der Waals surface area (Å²) in [5.74, 6) is 0. The third kappa shape index (κ3) is 2.98. The van der Waals surface area contributed by atoms with E-state index in [-0.39, 0.29) is 5.69 Å². The predicted octanol–water partition coefficient (Wildman–Crippen LogP) is 5.35. The van der Waals surface area contributed by atoms with Gasteiger partial charge in [0.05, 0.1) is 16.8 Å². The third-order valence-electron chi connectivity index (χ3n) is 4.28. The van der Waals surface area contributed by atoms with Gasteiger partial charge in [-0.1, -0.05) is 48.5 Å². The Balaban J connectivity index is 1.71. The highest BCUT2D eigenvalue weighted by atomic mass is 16.6. The van der Waals surface area contributed by atoms with Crippen LogP contribution in [-0.4, -0.2) is 11.1 Å². The van der Waals surface area contributed by atoms with Gasteiger partial charge in [0.1, 0.15) is 0 Å². The van der Waals surface area contributed by atoms with Crippen LogP contribution in [-0.2, 0) is 0 Å². The van der Waals surface area contributed by atoms with E-state index in [0.29, 0.717) is 5.69 Å². The second kappa shape index (κ2) is 6.64. The molecule has 0 amide bonds. The van der Waals surface area contributed by atoms with Crippen molar-refractivity contribution in [3.63, 3.8) is 0 Å². The Kier molecular flexibility index (Phi) is 4.03. The van der Waals surface area contributed by atoms with Gasteiger partial charge in [0.15, 0.2) is 0 Å². The van der Waals surface area contributed by atoms with Crippen LogP contribution < -0.4 is 5.43 Å². The molecule has 0 unspecified atom stereocenters. The molecule has 0 heterocycles. The summed E-state index contributed by atoms with van der Waals surface area (Å²) < 4.78 is 0. The van der Waals surface area contributed by atoms with Crippen molar-refractivity contribution in [1.29, 1.82) is 0 Å². The first-order chi connectivity index (χ1) is 12.7. The van der Waals surface area contributed by atoms with Crippen molar-refractivity contribution in [2.45, 2.75) is 0 Å². The number of hydrogen-bond donors (Lipinski definition) is 1. The Morgan fingerprint density at radius 2 is 1.42 bits per heavy atom. The fourth-order valence-electron chi connectivity index (χ4n) is 3.02. The smallest absolute Gasteiger partial charge is 0.269 e. The van der Waals surface area contributed by atoms with E-state index in [2.05, 4.69) is 40.9 Å². The number of nitro groups is 1. The molecule has 26 heavy (non-hydrogen) atoms. The Bertz CT molecular complexity index is 1080. The molecule has 0 saturated heterocycles. The maximum absolute atomic E-state index is 10.7. The summed E-state index contributed by atoms with van der Waals surface area (Å²) in [7, 11) is 0. The van der Waals surface area contributed by atoms with E-state index in [4.69, 9.17) is 0 Å². The van der Waals surface area contributed by atoms with Gasteiger partial charge in [0, 0.05) is 17.7 Å². The SMILES string of the molecule is O=[N+]([O-])c1ccc(NN=Cc2c3ccccc3cc3ccccc23)cc1. The van der Waals surface area contributed by atoms with E-state index >= 15 is 0 Å². The molecule has 5 heteroatoms. The molecule has 4 aromatic carbocycles. The number of fused-ring (bicyclic) bond motifs is 2. The molecular formula is C21H15N3O2. The standard InChI is InChI=1S/C21H15N3O2/c25-24(26)18-11-9-17(10-12-18)23-22-14-21-19-7-3-1-5-15(19)13-16-6-2-4-8-20(16)21/h1-14,23H. The van der Waals surface area contributed by atoms with Gasteiger partial charge < -0.3 is 0 Å². The second-order valence-electron chi connectivity index (χ2n) is 5.91. The number of anilines is 1. The van der Waals surface area contributed by atoms with Gasteiger partial charge >= 0.3 is 0 Å². The van der Waals surface area contributed by atoms with Crippen molar-refractivity contribution in [1.82, 2.24) is 0 Å². The number of non-ortho nitro benzene ring substituents is 1. The molecule has 1 N–H and O–H groups in total. The van der Waals surface area contributed by atoms with Crippen LogP contribution in [0.4, 0.5) is 11.4 Å². The molecule has 0 aliphatic rings. The summed E-state index contributed by atoms with van der Waals surface area (Å²) in [5.41, 5.74) is 4.72. The normalized spacial score (nSPS) is 11.2. The van der Waals surface area contributed by atoms with E-state index in [9.17, 15) is 10.1 Å². The van der Waals surface area contributed by atoms with E-state index in [1.54, 1.807) is 18.3 Å². The van der Waals surface area contributed by atoms with Crippen molar-refractivity contribution in [2.75, 3.05) is 5.43 Å². The third-order valence-corrected chi connectivity index (χ3v) is 4.28. The monoisotopic (exact) mass is 341 g/mol. The predicted molar refractivity (Wildman–Crippen MR) is 106 cm³/mol. The number of hydrogen-bond acceptors (Lipinski definition) is 4. The maximum Gasteiger partial charge on any atom is 0.269 e. The summed E-state index contributed by atoms with van der Waals surface area (Å²) >= 11 is 0. The molecule has 5 nitrogen and oxygen atoms in total. The van der Waals surface area contributed by atoms with Crippen LogP contribution in [0.5, 0.6) is 0 Å². The Hall–Kier alpha value is -3.73. The lowest BCUT2D eigenvalue weighted by Gasteiger charge is -2.08. The van der Waals surface area contributed by atoms with Gasteiger partial charge in [-0.05, 0) is 39.7 Å². The van der Waals surface area contributed by atoms with Crippen LogP contribution in [0.2, 0.25) is 0 Å². The molecule has 0 aromatic heterocycles. The van der Waals surface area contributed by atoms with Gasteiger partial charge in [-0.25, -0.2) is 0 Å². The topological polar surface area (TPSA) is 67.5 Å². The van der Waals surface area contributed by atoms with Gasteiger partial charge in [0.25, 0.3) is 5.69 Å². The van der Waals surface area contributed by atoms with Gasteiger partial charge in [0.2, 0.25) is 0 Å². The summed E-state index contributed by atoms with van der Waals surface area (Å²) in [6.45, 7) is 0. The second-order valence-corrected chi connectivity index (χ2v) is 5.91. The fourth-order valence-corrected chi connectivity index (χ4v) is 3.02. The number of nitrogens with zero attached hydrogens (tertiary/aromatic N) is 2. The van der Waals surface area contributed by atoms with Crippen LogP contribution in [0.15, 0.2) is 84.0 Å². The minimum atomic E-state index is -0.421. The van der Waals surface area contributed by atoms with Crippen LogP contribution >= 0.6 is 0 Å². The number of hydrazone groups is 1. The van der Waals surface area contributed by atoms with Crippen molar-refractivity contribution in [2.24, 2.45) is 5.10 Å². The zero-order valence-electron chi connectivity index (χ0n) is 13.8.